The van der Waals surface area contributed by atoms with Gasteiger partial charge in [-0.3, -0.25) is 4.99 Å². The quantitative estimate of drug-likeness (QED) is 0.915. The van der Waals surface area contributed by atoms with Crippen molar-refractivity contribution in [3.63, 3.8) is 0 Å². The summed E-state index contributed by atoms with van der Waals surface area (Å²) in [6.07, 6.45) is 4.11. The van der Waals surface area contributed by atoms with Crippen molar-refractivity contribution in [3.05, 3.63) is 16.6 Å². The Morgan fingerprint density at radius 1 is 1.50 bits per heavy atom. The van der Waals surface area contributed by atoms with E-state index in [-0.39, 0.29) is 0 Å². The predicted molar refractivity (Wildman–Crippen MR) is 81.4 cm³/mol. The zero-order chi connectivity index (χ0) is 13.0. The second kappa shape index (κ2) is 6.57. The fourth-order valence-electron chi connectivity index (χ4n) is 1.98. The highest BCUT2D eigenvalue weighted by Gasteiger charge is 2.21. The van der Waals surface area contributed by atoms with Crippen molar-refractivity contribution >= 4 is 28.3 Å². The number of thiazole rings is 1. The lowest BCUT2D eigenvalue weighted by Crippen LogP contribution is -2.31. The van der Waals surface area contributed by atoms with Gasteiger partial charge in [0.05, 0.1) is 12.1 Å². The minimum atomic E-state index is 0.308. The predicted octanol–water partition coefficient (Wildman–Crippen LogP) is 3.70. The summed E-state index contributed by atoms with van der Waals surface area (Å²) in [6.45, 7) is 6.69. The van der Waals surface area contributed by atoms with E-state index in [0.717, 1.165) is 16.6 Å². The monoisotopic (exact) mass is 283 g/mol. The summed E-state index contributed by atoms with van der Waals surface area (Å²) >= 11 is 3.55. The van der Waals surface area contributed by atoms with Gasteiger partial charge in [0, 0.05) is 17.3 Å². The number of thioether (sulfide) groups is 1. The fraction of sp³-hybridized carbons (Fsp3) is 0.692. The Balaban J connectivity index is 2.03. The summed E-state index contributed by atoms with van der Waals surface area (Å²) in [5, 5.41) is 7.85. The van der Waals surface area contributed by atoms with Crippen LogP contribution in [0.4, 0.5) is 0 Å². The largest absolute Gasteiger partial charge is 0.356 e. The second-order valence-electron chi connectivity index (χ2n) is 4.86. The molecule has 2 heterocycles. The Bertz CT molecular complexity index is 387. The molecule has 2 atom stereocenters. The molecule has 0 saturated carbocycles. The van der Waals surface area contributed by atoms with E-state index in [2.05, 4.69) is 31.1 Å². The number of nitrogens with zero attached hydrogens (tertiary/aromatic N) is 2. The van der Waals surface area contributed by atoms with Crippen LogP contribution in [0, 0.1) is 5.92 Å². The van der Waals surface area contributed by atoms with E-state index < -0.39 is 0 Å². The Morgan fingerprint density at radius 2 is 2.33 bits per heavy atom. The summed E-state index contributed by atoms with van der Waals surface area (Å²) < 4.78 is 0. The molecule has 1 N–H and O–H groups in total. The van der Waals surface area contributed by atoms with Crippen molar-refractivity contribution in [2.45, 2.75) is 45.7 Å². The van der Waals surface area contributed by atoms with Crippen molar-refractivity contribution in [3.8, 4) is 0 Å². The molecule has 0 fully saturated rings. The van der Waals surface area contributed by atoms with E-state index in [4.69, 9.17) is 4.99 Å². The van der Waals surface area contributed by atoms with Crippen LogP contribution >= 0.6 is 23.1 Å². The molecule has 0 aromatic carbocycles. The Morgan fingerprint density at radius 3 is 2.94 bits per heavy atom. The fourth-order valence-corrected chi connectivity index (χ4v) is 3.75. The van der Waals surface area contributed by atoms with Crippen LogP contribution in [-0.4, -0.2) is 21.9 Å². The summed E-state index contributed by atoms with van der Waals surface area (Å²) in [5.41, 5.74) is 0. The molecule has 1 aromatic rings. The second-order valence-corrected chi connectivity index (χ2v) is 6.87. The SMILES string of the molecule is CCC(NC1=NC(C(C)C)CCS1)c1nccs1. The average molecular weight is 283 g/mol. The Labute approximate surface area is 118 Å². The first kappa shape index (κ1) is 13.9. The number of hydrogen-bond acceptors (Lipinski definition) is 5. The molecule has 0 bridgehead atoms. The van der Waals surface area contributed by atoms with Crippen molar-refractivity contribution < 1.29 is 0 Å². The van der Waals surface area contributed by atoms with Crippen LogP contribution in [0.25, 0.3) is 0 Å². The van der Waals surface area contributed by atoms with Gasteiger partial charge < -0.3 is 5.32 Å². The minimum absolute atomic E-state index is 0.308. The van der Waals surface area contributed by atoms with Crippen LogP contribution in [0.3, 0.4) is 0 Å². The lowest BCUT2D eigenvalue weighted by Gasteiger charge is -2.25. The molecule has 2 unspecified atom stereocenters. The van der Waals surface area contributed by atoms with Crippen LogP contribution in [0.5, 0.6) is 0 Å². The molecule has 1 aliphatic rings. The van der Waals surface area contributed by atoms with Crippen LogP contribution in [0.2, 0.25) is 0 Å². The summed E-state index contributed by atoms with van der Waals surface area (Å²) in [5.74, 6) is 1.80. The first-order valence-electron chi connectivity index (χ1n) is 6.57. The molecule has 2 rings (SSSR count). The maximum Gasteiger partial charge on any atom is 0.157 e. The van der Waals surface area contributed by atoms with Crippen molar-refractivity contribution in [1.29, 1.82) is 0 Å². The van der Waals surface area contributed by atoms with Gasteiger partial charge in [-0.25, -0.2) is 4.98 Å². The molecule has 0 radical (unpaired) electrons. The van der Waals surface area contributed by atoms with E-state index in [1.54, 1.807) is 11.3 Å². The zero-order valence-corrected chi connectivity index (χ0v) is 12.9. The highest BCUT2D eigenvalue weighted by molar-refractivity contribution is 8.13. The van der Waals surface area contributed by atoms with Gasteiger partial charge >= 0.3 is 0 Å². The van der Waals surface area contributed by atoms with Crippen LogP contribution in [-0.2, 0) is 0 Å². The smallest absolute Gasteiger partial charge is 0.157 e. The van der Waals surface area contributed by atoms with Gasteiger partial charge in [-0.2, -0.15) is 0 Å². The van der Waals surface area contributed by atoms with Crippen molar-refractivity contribution in [1.82, 2.24) is 10.3 Å². The number of amidine groups is 1. The topological polar surface area (TPSA) is 37.3 Å². The maximum atomic E-state index is 4.82. The number of aliphatic imine (C=N–C) groups is 1. The number of nitrogens with one attached hydrogen (secondary N) is 1. The molecule has 0 amide bonds. The van der Waals surface area contributed by atoms with E-state index in [9.17, 15) is 0 Å². The molecular formula is C13H21N3S2. The van der Waals surface area contributed by atoms with Gasteiger partial charge in [-0.15, -0.1) is 11.3 Å². The molecule has 18 heavy (non-hydrogen) atoms. The third-order valence-corrected chi connectivity index (χ3v) is 4.99. The van der Waals surface area contributed by atoms with Gasteiger partial charge in [-0.1, -0.05) is 32.5 Å². The third-order valence-electron chi connectivity index (χ3n) is 3.16. The third kappa shape index (κ3) is 3.48. The standard InChI is InChI=1S/C13H21N3S2/c1-4-10(12-14-6-8-17-12)15-13-16-11(9(2)3)5-7-18-13/h6,8-11H,4-5,7H2,1-3H3,(H,15,16). The summed E-state index contributed by atoms with van der Waals surface area (Å²) in [6, 6.07) is 0.782. The molecule has 0 spiro atoms. The lowest BCUT2D eigenvalue weighted by molar-refractivity contribution is 0.480. The zero-order valence-electron chi connectivity index (χ0n) is 11.2. The van der Waals surface area contributed by atoms with Crippen molar-refractivity contribution in [2.75, 3.05) is 5.75 Å². The summed E-state index contributed by atoms with van der Waals surface area (Å²) in [7, 11) is 0. The van der Waals surface area contributed by atoms with Gasteiger partial charge in [-0.05, 0) is 18.8 Å². The molecule has 0 saturated heterocycles. The number of rotatable bonds is 4. The average Bonchev–Trinajstić information content (AvgIpc) is 2.90. The van der Waals surface area contributed by atoms with E-state index in [0.29, 0.717) is 18.0 Å². The normalized spacial score (nSPS) is 21.8. The van der Waals surface area contributed by atoms with E-state index in [1.165, 1.54) is 12.2 Å². The molecule has 100 valence electrons. The highest BCUT2D eigenvalue weighted by atomic mass is 32.2. The van der Waals surface area contributed by atoms with Gasteiger partial charge in [0.2, 0.25) is 0 Å². The van der Waals surface area contributed by atoms with E-state index >= 15 is 0 Å². The van der Waals surface area contributed by atoms with Crippen molar-refractivity contribution in [2.24, 2.45) is 10.9 Å². The molecule has 3 nitrogen and oxygen atoms in total. The van der Waals surface area contributed by atoms with Crippen LogP contribution in [0.15, 0.2) is 16.6 Å². The Hall–Kier alpha value is -0.550. The molecular weight excluding hydrogens is 262 g/mol. The molecule has 0 aliphatic carbocycles. The maximum absolute atomic E-state index is 4.82. The lowest BCUT2D eigenvalue weighted by atomic mass is 10.0. The number of hydrogen-bond donors (Lipinski definition) is 1. The molecule has 5 heteroatoms. The molecule has 1 aliphatic heterocycles. The van der Waals surface area contributed by atoms with Crippen LogP contribution in [0.1, 0.15) is 44.7 Å². The first-order valence-corrected chi connectivity index (χ1v) is 8.43. The van der Waals surface area contributed by atoms with Gasteiger partial charge in [0.15, 0.2) is 5.17 Å². The van der Waals surface area contributed by atoms with Gasteiger partial charge in [0.25, 0.3) is 0 Å². The van der Waals surface area contributed by atoms with Crippen LogP contribution < -0.4 is 5.32 Å². The first-order chi connectivity index (χ1) is 8.70. The van der Waals surface area contributed by atoms with Gasteiger partial charge in [0.1, 0.15) is 5.01 Å². The Kier molecular flexibility index (Phi) is 5.06. The minimum Gasteiger partial charge on any atom is -0.356 e. The number of aromatic nitrogens is 1. The van der Waals surface area contributed by atoms with E-state index in [1.807, 2.05) is 23.3 Å². The highest BCUT2D eigenvalue weighted by Crippen LogP contribution is 2.25. The summed E-state index contributed by atoms with van der Waals surface area (Å²) in [4.78, 5) is 9.22. The molecule has 1 aromatic heterocycles.